The Balaban J connectivity index is 1.56. The first-order valence-corrected chi connectivity index (χ1v) is 13.1. The lowest BCUT2D eigenvalue weighted by molar-refractivity contribution is -0.112. The summed E-state index contributed by atoms with van der Waals surface area (Å²) >= 11 is 0. The van der Waals surface area contributed by atoms with Gasteiger partial charge in [-0.2, -0.15) is 5.06 Å². The van der Waals surface area contributed by atoms with Crippen LogP contribution < -0.4 is 15.1 Å². The molecule has 40 heavy (non-hydrogen) atoms. The summed E-state index contributed by atoms with van der Waals surface area (Å²) in [5.41, 5.74) is 1.10. The van der Waals surface area contributed by atoms with Crippen molar-refractivity contribution in [3.63, 3.8) is 0 Å². The Morgan fingerprint density at radius 2 is 1.73 bits per heavy atom. The van der Waals surface area contributed by atoms with Gasteiger partial charge in [0.05, 0.1) is 26.0 Å². The summed E-state index contributed by atoms with van der Waals surface area (Å²) < 4.78 is 11.5. The SMILES string of the molecule is CON(C(=O)O)c1cc(NC(=O)C(=O)c2ccc(OCCN3CCOCC3)c3ccccc23)cc(C(C)(C)C)c1. The fraction of sp³-hybridized carbons (Fsp3) is 0.367. The van der Waals surface area contributed by atoms with Gasteiger partial charge < -0.3 is 19.9 Å². The Hall–Kier alpha value is -3.99. The van der Waals surface area contributed by atoms with Crippen LogP contribution in [0, 0.1) is 0 Å². The van der Waals surface area contributed by atoms with E-state index in [1.165, 1.54) is 13.2 Å². The highest BCUT2D eigenvalue weighted by Gasteiger charge is 2.24. The Bertz CT molecular complexity index is 1390. The second-order valence-electron chi connectivity index (χ2n) is 10.5. The van der Waals surface area contributed by atoms with Gasteiger partial charge in [-0.3, -0.25) is 19.3 Å². The van der Waals surface area contributed by atoms with Crippen molar-refractivity contribution in [3.8, 4) is 5.75 Å². The van der Waals surface area contributed by atoms with Gasteiger partial charge >= 0.3 is 6.09 Å². The lowest BCUT2D eigenvalue weighted by atomic mass is 9.86. The number of benzene rings is 3. The number of carbonyl (C=O) groups is 3. The van der Waals surface area contributed by atoms with Gasteiger partial charge in [0.2, 0.25) is 0 Å². The zero-order valence-electron chi connectivity index (χ0n) is 23.2. The van der Waals surface area contributed by atoms with Crippen LogP contribution in [0.3, 0.4) is 0 Å². The minimum Gasteiger partial charge on any atom is -0.492 e. The number of ketones is 1. The van der Waals surface area contributed by atoms with Crippen LogP contribution in [0.5, 0.6) is 5.75 Å². The minimum atomic E-state index is -1.32. The van der Waals surface area contributed by atoms with Gasteiger partial charge in [-0.25, -0.2) is 4.79 Å². The van der Waals surface area contributed by atoms with E-state index in [0.717, 1.165) is 30.6 Å². The standard InChI is InChI=1S/C30H35N3O7/c1-30(2,3)20-17-21(19-22(18-20)33(38-4)29(36)37)31-28(35)27(34)25-9-10-26(24-8-6-5-7-23(24)25)40-16-13-32-11-14-39-15-12-32/h5-10,17-19H,11-16H2,1-4H3,(H,31,35)(H,36,37). The number of fused-ring (bicyclic) bond motifs is 1. The molecule has 0 atom stereocenters. The Morgan fingerprint density at radius 1 is 1.02 bits per heavy atom. The van der Waals surface area contributed by atoms with E-state index in [2.05, 4.69) is 10.2 Å². The Morgan fingerprint density at radius 3 is 2.38 bits per heavy atom. The highest BCUT2D eigenvalue weighted by Crippen LogP contribution is 2.32. The third-order valence-electron chi connectivity index (χ3n) is 6.74. The molecule has 1 saturated heterocycles. The number of nitrogens with one attached hydrogen (secondary N) is 1. The van der Waals surface area contributed by atoms with Gasteiger partial charge in [-0.05, 0) is 46.7 Å². The number of hydroxylamine groups is 1. The van der Waals surface area contributed by atoms with Gasteiger partial charge in [0, 0.05) is 36.3 Å². The number of Topliss-reactive ketones (excluding diaryl/α,β-unsaturated/α-hetero) is 1. The highest BCUT2D eigenvalue weighted by molar-refractivity contribution is 6.48. The van der Waals surface area contributed by atoms with E-state index in [9.17, 15) is 19.5 Å². The first-order chi connectivity index (χ1) is 19.1. The molecule has 1 aliphatic rings. The van der Waals surface area contributed by atoms with Crippen LogP contribution in [0.1, 0.15) is 36.7 Å². The maximum Gasteiger partial charge on any atom is 0.436 e. The third kappa shape index (κ3) is 6.77. The van der Waals surface area contributed by atoms with E-state index < -0.39 is 17.8 Å². The zero-order chi connectivity index (χ0) is 28.9. The van der Waals surface area contributed by atoms with E-state index >= 15 is 0 Å². The quantitative estimate of drug-likeness (QED) is 0.224. The molecule has 1 fully saturated rings. The van der Waals surface area contributed by atoms with Crippen molar-refractivity contribution in [1.82, 2.24) is 4.90 Å². The minimum absolute atomic E-state index is 0.203. The van der Waals surface area contributed by atoms with Gasteiger partial charge in [-0.1, -0.05) is 45.0 Å². The highest BCUT2D eigenvalue weighted by atomic mass is 16.7. The average Bonchev–Trinajstić information content (AvgIpc) is 2.93. The second kappa shape index (κ2) is 12.5. The van der Waals surface area contributed by atoms with Crippen LogP contribution in [-0.2, 0) is 19.8 Å². The van der Waals surface area contributed by atoms with Crippen LogP contribution >= 0.6 is 0 Å². The summed E-state index contributed by atoms with van der Waals surface area (Å²) in [6.07, 6.45) is -1.32. The molecule has 0 radical (unpaired) electrons. The molecule has 2 N–H and O–H groups in total. The van der Waals surface area contributed by atoms with Crippen molar-refractivity contribution in [1.29, 1.82) is 0 Å². The molecule has 0 spiro atoms. The molecule has 0 aromatic heterocycles. The molecule has 2 amide bonds. The lowest BCUT2D eigenvalue weighted by Crippen LogP contribution is -2.38. The number of hydrogen-bond acceptors (Lipinski definition) is 7. The summed E-state index contributed by atoms with van der Waals surface area (Å²) in [5.74, 6) is -0.931. The van der Waals surface area contributed by atoms with Crippen LogP contribution in [0.2, 0.25) is 0 Å². The van der Waals surface area contributed by atoms with Crippen molar-refractivity contribution in [2.45, 2.75) is 26.2 Å². The number of nitrogens with zero attached hydrogens (tertiary/aromatic N) is 2. The van der Waals surface area contributed by atoms with Gasteiger partial charge in [-0.15, -0.1) is 0 Å². The van der Waals surface area contributed by atoms with Crippen molar-refractivity contribution < 1.29 is 33.8 Å². The van der Waals surface area contributed by atoms with Gasteiger partial charge in [0.25, 0.3) is 11.7 Å². The first kappa shape index (κ1) is 29.0. The van der Waals surface area contributed by atoms with Crippen LogP contribution in [-0.4, -0.2) is 74.4 Å². The monoisotopic (exact) mass is 549 g/mol. The molecule has 10 nitrogen and oxygen atoms in total. The molecule has 10 heteroatoms. The van der Waals surface area contributed by atoms with E-state index in [-0.39, 0.29) is 22.4 Å². The third-order valence-corrected chi connectivity index (χ3v) is 6.74. The Labute approximate surface area is 233 Å². The number of rotatable bonds is 9. The summed E-state index contributed by atoms with van der Waals surface area (Å²) in [4.78, 5) is 45.5. The molecule has 3 aromatic carbocycles. The first-order valence-electron chi connectivity index (χ1n) is 13.1. The number of amides is 2. The number of carboxylic acid groups (broad SMARTS) is 1. The molecule has 4 rings (SSSR count). The molecule has 3 aromatic rings. The van der Waals surface area contributed by atoms with Crippen molar-refractivity contribution in [3.05, 3.63) is 65.7 Å². The largest absolute Gasteiger partial charge is 0.492 e. The van der Waals surface area contributed by atoms with E-state index in [0.29, 0.717) is 36.0 Å². The van der Waals surface area contributed by atoms with E-state index in [1.54, 1.807) is 36.4 Å². The Kier molecular flexibility index (Phi) is 9.03. The lowest BCUT2D eigenvalue weighted by Gasteiger charge is -2.26. The number of hydrogen-bond donors (Lipinski definition) is 2. The number of carbonyl (C=O) groups excluding carboxylic acids is 2. The number of ether oxygens (including phenoxy) is 2. The maximum absolute atomic E-state index is 13.4. The van der Waals surface area contributed by atoms with E-state index in [4.69, 9.17) is 14.3 Å². The molecule has 1 heterocycles. The molecule has 0 aliphatic carbocycles. The van der Waals surface area contributed by atoms with Crippen molar-refractivity contribution >= 4 is 39.9 Å². The summed E-state index contributed by atoms with van der Waals surface area (Å²) in [6.45, 7) is 10.3. The number of anilines is 2. The number of morpholine rings is 1. The van der Waals surface area contributed by atoms with Gasteiger partial charge in [0.1, 0.15) is 12.4 Å². The molecule has 0 bridgehead atoms. The predicted molar refractivity (Wildman–Crippen MR) is 152 cm³/mol. The normalized spacial score (nSPS) is 14.1. The fourth-order valence-electron chi connectivity index (χ4n) is 4.54. The van der Waals surface area contributed by atoms with Crippen LogP contribution in [0.4, 0.5) is 16.2 Å². The maximum atomic E-state index is 13.4. The molecule has 1 aliphatic heterocycles. The topological polar surface area (TPSA) is 118 Å². The zero-order valence-corrected chi connectivity index (χ0v) is 23.2. The fourth-order valence-corrected chi connectivity index (χ4v) is 4.54. The average molecular weight is 550 g/mol. The van der Waals surface area contributed by atoms with Gasteiger partial charge in [0.15, 0.2) is 0 Å². The predicted octanol–water partition coefficient (Wildman–Crippen LogP) is 4.72. The molecular formula is C30H35N3O7. The molecule has 0 unspecified atom stereocenters. The molecule has 212 valence electrons. The van der Waals surface area contributed by atoms with Crippen LogP contribution in [0.25, 0.3) is 10.8 Å². The second-order valence-corrected chi connectivity index (χ2v) is 10.5. The van der Waals surface area contributed by atoms with Crippen LogP contribution in [0.15, 0.2) is 54.6 Å². The summed E-state index contributed by atoms with van der Waals surface area (Å²) in [5, 5.41) is 14.2. The van der Waals surface area contributed by atoms with Crippen molar-refractivity contribution in [2.75, 3.05) is 56.9 Å². The van der Waals surface area contributed by atoms with E-state index in [1.807, 2.05) is 32.9 Å². The summed E-state index contributed by atoms with van der Waals surface area (Å²) in [6, 6.07) is 15.4. The molecular weight excluding hydrogens is 514 g/mol. The smallest absolute Gasteiger partial charge is 0.436 e. The summed E-state index contributed by atoms with van der Waals surface area (Å²) in [7, 11) is 1.24. The van der Waals surface area contributed by atoms with Crippen molar-refractivity contribution in [2.24, 2.45) is 0 Å². The molecule has 0 saturated carbocycles.